The van der Waals surface area contributed by atoms with Crippen LogP contribution in [0.2, 0.25) is 0 Å². The molecule has 4 aromatic rings. The highest BCUT2D eigenvalue weighted by Gasteiger charge is 2.17. The van der Waals surface area contributed by atoms with Crippen LogP contribution in [0, 0.1) is 6.92 Å². The fourth-order valence-electron chi connectivity index (χ4n) is 2.86. The zero-order chi connectivity index (χ0) is 19.7. The molecule has 0 N–H and O–H groups in total. The van der Waals surface area contributed by atoms with Crippen LogP contribution in [-0.4, -0.2) is 8.42 Å². The normalized spacial score (nSPS) is 11.5. The lowest BCUT2D eigenvalue weighted by Gasteiger charge is -2.08. The Morgan fingerprint density at radius 2 is 1.61 bits per heavy atom. The molecule has 0 bridgehead atoms. The van der Waals surface area contributed by atoms with Crippen LogP contribution >= 0.6 is 0 Å². The third-order valence-corrected chi connectivity index (χ3v) is 5.61. The Morgan fingerprint density at radius 3 is 2.32 bits per heavy atom. The van der Waals surface area contributed by atoms with Gasteiger partial charge in [0, 0.05) is 6.07 Å². The lowest BCUT2D eigenvalue weighted by molar-refractivity contribution is 0.485. The predicted molar refractivity (Wildman–Crippen MR) is 107 cm³/mol. The Kier molecular flexibility index (Phi) is 4.49. The van der Waals surface area contributed by atoms with Gasteiger partial charge in [-0.1, -0.05) is 48.0 Å². The molecule has 3 aromatic carbocycles. The van der Waals surface area contributed by atoms with Crippen LogP contribution in [0.4, 0.5) is 0 Å². The molecule has 0 aliphatic rings. The lowest BCUT2D eigenvalue weighted by Crippen LogP contribution is -2.10. The van der Waals surface area contributed by atoms with Crippen LogP contribution < -0.4 is 9.61 Å². The molecule has 0 saturated heterocycles. The minimum absolute atomic E-state index is 0.0547. The molecule has 0 spiro atoms. The molecule has 0 radical (unpaired) electrons. The summed E-state index contributed by atoms with van der Waals surface area (Å²) in [6.07, 6.45) is 1.37. The fraction of sp³-hybridized carbons (Fsp3) is 0.0455. The van der Waals surface area contributed by atoms with Crippen LogP contribution in [0.1, 0.15) is 5.56 Å². The van der Waals surface area contributed by atoms with Crippen LogP contribution in [0.3, 0.4) is 0 Å². The van der Waals surface area contributed by atoms with Crippen molar-refractivity contribution in [1.29, 1.82) is 0 Å². The van der Waals surface area contributed by atoms with Gasteiger partial charge >= 0.3 is 10.1 Å². The molecule has 4 rings (SSSR count). The minimum atomic E-state index is -3.98. The summed E-state index contributed by atoms with van der Waals surface area (Å²) in [4.78, 5) is 12.8. The standard InChI is InChI=1S/C22H16O5S/c1-15-7-10-18(11-8-15)28(24,25)27-17-9-12-19-21(13-17)26-14-20(22(19)23)16-5-3-2-4-6-16/h2-14H,1H3. The molecule has 5 nitrogen and oxygen atoms in total. The van der Waals surface area contributed by atoms with Crippen molar-refractivity contribution in [3.63, 3.8) is 0 Å². The van der Waals surface area contributed by atoms with Gasteiger partial charge in [-0.15, -0.1) is 0 Å². The summed E-state index contributed by atoms with van der Waals surface area (Å²) in [7, 11) is -3.98. The third kappa shape index (κ3) is 3.42. The Bertz CT molecular complexity index is 1300. The second-order valence-electron chi connectivity index (χ2n) is 6.35. The lowest BCUT2D eigenvalue weighted by atomic mass is 10.1. The van der Waals surface area contributed by atoms with Gasteiger partial charge in [-0.2, -0.15) is 8.42 Å². The fourth-order valence-corrected chi connectivity index (χ4v) is 3.78. The first-order chi connectivity index (χ1) is 13.4. The molecule has 0 aliphatic carbocycles. The van der Waals surface area contributed by atoms with E-state index in [2.05, 4.69) is 0 Å². The van der Waals surface area contributed by atoms with Crippen molar-refractivity contribution in [3.05, 3.63) is 94.8 Å². The topological polar surface area (TPSA) is 73.6 Å². The first-order valence-electron chi connectivity index (χ1n) is 8.56. The quantitative estimate of drug-likeness (QED) is 0.477. The number of hydrogen-bond acceptors (Lipinski definition) is 5. The second-order valence-corrected chi connectivity index (χ2v) is 7.90. The van der Waals surface area contributed by atoms with Gasteiger partial charge in [0.05, 0.1) is 10.9 Å². The Hall–Kier alpha value is -3.38. The maximum Gasteiger partial charge on any atom is 0.339 e. The smallest absolute Gasteiger partial charge is 0.339 e. The van der Waals surface area contributed by atoms with Crippen LogP contribution in [0.15, 0.2) is 93.2 Å². The van der Waals surface area contributed by atoms with Crippen molar-refractivity contribution in [1.82, 2.24) is 0 Å². The number of aryl methyl sites for hydroxylation is 1. The number of hydrogen-bond donors (Lipinski definition) is 0. The minimum Gasteiger partial charge on any atom is -0.463 e. The van der Waals surface area contributed by atoms with E-state index in [1.165, 1.54) is 36.6 Å². The zero-order valence-corrected chi connectivity index (χ0v) is 15.8. The van der Waals surface area contributed by atoms with E-state index < -0.39 is 10.1 Å². The predicted octanol–water partition coefficient (Wildman–Crippen LogP) is 4.54. The summed E-state index contributed by atoms with van der Waals surface area (Å²) in [6.45, 7) is 1.87. The average molecular weight is 392 g/mol. The molecule has 0 unspecified atom stereocenters. The van der Waals surface area contributed by atoms with Gasteiger partial charge in [0.1, 0.15) is 22.5 Å². The molecule has 28 heavy (non-hydrogen) atoms. The molecule has 1 heterocycles. The summed E-state index contributed by atoms with van der Waals surface area (Å²) in [5, 5.41) is 0.349. The Balaban J connectivity index is 1.71. The highest BCUT2D eigenvalue weighted by atomic mass is 32.2. The van der Waals surface area contributed by atoms with Crippen molar-refractivity contribution in [3.8, 4) is 16.9 Å². The zero-order valence-electron chi connectivity index (χ0n) is 15.0. The Morgan fingerprint density at radius 1 is 0.893 bits per heavy atom. The molecular weight excluding hydrogens is 376 g/mol. The molecule has 140 valence electrons. The number of benzene rings is 3. The second kappa shape index (κ2) is 6.98. The summed E-state index contributed by atoms with van der Waals surface area (Å²) in [6, 6.07) is 19.9. The highest BCUT2D eigenvalue weighted by Crippen LogP contribution is 2.25. The molecular formula is C22H16O5S. The molecule has 0 amide bonds. The van der Waals surface area contributed by atoms with Gasteiger partial charge < -0.3 is 8.60 Å². The third-order valence-electron chi connectivity index (χ3n) is 4.35. The molecule has 1 aromatic heterocycles. The van der Waals surface area contributed by atoms with Gasteiger partial charge in [0.25, 0.3) is 0 Å². The van der Waals surface area contributed by atoms with E-state index in [9.17, 15) is 13.2 Å². The summed E-state index contributed by atoms with van der Waals surface area (Å²) >= 11 is 0. The molecule has 0 aliphatic heterocycles. The van der Waals surface area contributed by atoms with Crippen molar-refractivity contribution >= 4 is 21.1 Å². The summed E-state index contributed by atoms with van der Waals surface area (Å²) in [5.41, 5.74) is 2.19. The van der Waals surface area contributed by atoms with E-state index in [4.69, 9.17) is 8.60 Å². The number of rotatable bonds is 4. The summed E-state index contributed by atoms with van der Waals surface area (Å²) < 4.78 is 35.7. The highest BCUT2D eigenvalue weighted by molar-refractivity contribution is 7.87. The first kappa shape index (κ1) is 18.0. The van der Waals surface area contributed by atoms with Crippen molar-refractivity contribution in [2.75, 3.05) is 0 Å². The maximum atomic E-state index is 12.8. The van der Waals surface area contributed by atoms with Gasteiger partial charge in [-0.3, -0.25) is 4.79 Å². The molecule has 0 atom stereocenters. The van der Waals surface area contributed by atoms with Gasteiger partial charge in [0.15, 0.2) is 5.43 Å². The largest absolute Gasteiger partial charge is 0.463 e. The van der Waals surface area contributed by atoms with Gasteiger partial charge in [-0.25, -0.2) is 0 Å². The van der Waals surface area contributed by atoms with Crippen molar-refractivity contribution < 1.29 is 17.0 Å². The molecule has 0 fully saturated rings. The number of fused-ring (bicyclic) bond motifs is 1. The van der Waals surface area contributed by atoms with Crippen LogP contribution in [0.25, 0.3) is 22.1 Å². The maximum absolute atomic E-state index is 12.8. The molecule has 0 saturated carbocycles. The van der Waals surface area contributed by atoms with E-state index in [1.54, 1.807) is 12.1 Å². The van der Waals surface area contributed by atoms with Gasteiger partial charge in [0.2, 0.25) is 0 Å². The van der Waals surface area contributed by atoms with E-state index in [0.717, 1.165) is 11.1 Å². The van der Waals surface area contributed by atoms with Crippen molar-refractivity contribution in [2.45, 2.75) is 11.8 Å². The Labute approximate surface area is 162 Å². The van der Waals surface area contributed by atoms with Gasteiger partial charge in [-0.05, 0) is 36.8 Å². The van der Waals surface area contributed by atoms with E-state index in [1.807, 2.05) is 37.3 Å². The molecule has 6 heteroatoms. The summed E-state index contributed by atoms with van der Waals surface area (Å²) in [5.74, 6) is 0.0729. The van der Waals surface area contributed by atoms with Crippen molar-refractivity contribution in [2.24, 2.45) is 0 Å². The van der Waals surface area contributed by atoms with E-state index in [-0.39, 0.29) is 21.7 Å². The van der Waals surface area contributed by atoms with E-state index >= 15 is 0 Å². The van der Waals surface area contributed by atoms with Crippen LogP contribution in [-0.2, 0) is 10.1 Å². The van der Waals surface area contributed by atoms with Crippen LogP contribution in [0.5, 0.6) is 5.75 Å². The monoisotopic (exact) mass is 392 g/mol. The average Bonchev–Trinajstić information content (AvgIpc) is 2.69. The first-order valence-corrected chi connectivity index (χ1v) is 9.97. The SMILES string of the molecule is Cc1ccc(S(=O)(=O)Oc2ccc3c(=O)c(-c4ccccc4)coc3c2)cc1. The van der Waals surface area contributed by atoms with E-state index in [0.29, 0.717) is 10.9 Å².